The molecule has 0 radical (unpaired) electrons. The van der Waals surface area contributed by atoms with E-state index in [1.165, 1.54) is 5.56 Å². The Morgan fingerprint density at radius 2 is 1.85 bits per heavy atom. The van der Waals surface area contributed by atoms with E-state index in [1.807, 2.05) is 53.8 Å². The first-order chi connectivity index (χ1) is 19.9. The first-order valence-corrected chi connectivity index (χ1v) is 14.6. The summed E-state index contributed by atoms with van der Waals surface area (Å²) in [6.45, 7) is 6.54. The van der Waals surface area contributed by atoms with Gasteiger partial charge in [-0.05, 0) is 97.2 Å². The van der Waals surface area contributed by atoms with E-state index in [1.54, 1.807) is 0 Å². The Morgan fingerprint density at radius 3 is 2.68 bits per heavy atom. The molecule has 8 heteroatoms. The summed E-state index contributed by atoms with van der Waals surface area (Å²) in [6, 6.07) is 16.0. The number of ether oxygens (including phenoxy) is 1. The second-order valence-electron chi connectivity index (χ2n) is 11.4. The molecule has 9 rings (SSSR count). The Bertz CT molecular complexity index is 1630. The van der Waals surface area contributed by atoms with E-state index in [0.717, 1.165) is 83.2 Å². The summed E-state index contributed by atoms with van der Waals surface area (Å²) in [6.07, 6.45) is 4.79. The fourth-order valence-corrected chi connectivity index (χ4v) is 6.32. The van der Waals surface area contributed by atoms with Crippen molar-refractivity contribution in [3.05, 3.63) is 87.5 Å². The number of hydrogen-bond donors (Lipinski definition) is 1. The molecule has 9 bridgehead atoms. The maximum absolute atomic E-state index is 13.6. The van der Waals surface area contributed by atoms with Crippen LogP contribution in [0.4, 0.5) is 0 Å². The highest BCUT2D eigenvalue weighted by Gasteiger charge is 2.27. The van der Waals surface area contributed by atoms with E-state index in [0.29, 0.717) is 25.3 Å². The largest absolute Gasteiger partial charge is 0.494 e. The van der Waals surface area contributed by atoms with Gasteiger partial charge in [0.25, 0.3) is 5.91 Å². The standard InChI is InChI=1S/C33H36N4O4/c1-21-17-26-9-10-27(21)33(40)36-15-13-23-7-8-24(18-25(23)20-36)29(19-31(38)39)28-11-12-30-32(22(28)2)34-35-37(30)14-5-3-4-6-16-41-26/h7-12,17-18,29H,3-6,13-16,19-20H2,1-2H3,(H,38,39). The van der Waals surface area contributed by atoms with Crippen LogP contribution in [0.3, 0.4) is 0 Å². The van der Waals surface area contributed by atoms with Gasteiger partial charge < -0.3 is 14.7 Å². The number of carbonyl (C=O) groups excluding carboxylic acids is 1. The lowest BCUT2D eigenvalue weighted by molar-refractivity contribution is -0.137. The highest BCUT2D eigenvalue weighted by molar-refractivity contribution is 5.96. The number of aryl methyl sites for hydroxylation is 3. The molecule has 1 amide bonds. The van der Waals surface area contributed by atoms with Crippen LogP contribution in [0.15, 0.2) is 48.5 Å². The Balaban J connectivity index is 1.40. The van der Waals surface area contributed by atoms with E-state index < -0.39 is 5.97 Å². The van der Waals surface area contributed by atoms with Gasteiger partial charge in [-0.25, -0.2) is 4.68 Å². The second-order valence-corrected chi connectivity index (χ2v) is 11.4. The number of carbonyl (C=O) groups is 2. The minimum absolute atomic E-state index is 0.00923. The van der Waals surface area contributed by atoms with Crippen LogP contribution in [0.1, 0.15) is 81.8 Å². The number of aromatic nitrogens is 3. The van der Waals surface area contributed by atoms with E-state index in [2.05, 4.69) is 28.5 Å². The van der Waals surface area contributed by atoms with E-state index in [4.69, 9.17) is 4.74 Å². The monoisotopic (exact) mass is 552 g/mol. The minimum atomic E-state index is -0.854. The van der Waals surface area contributed by atoms with Crippen molar-refractivity contribution < 1.29 is 19.4 Å². The summed E-state index contributed by atoms with van der Waals surface area (Å²) in [5, 5.41) is 18.8. The molecule has 41 heavy (non-hydrogen) atoms. The Morgan fingerprint density at radius 1 is 1.00 bits per heavy atom. The molecule has 0 saturated heterocycles. The third kappa shape index (κ3) is 5.43. The molecule has 8 nitrogen and oxygen atoms in total. The second kappa shape index (κ2) is 11.4. The normalized spacial score (nSPS) is 17.9. The summed E-state index contributed by atoms with van der Waals surface area (Å²) in [4.78, 5) is 27.6. The molecule has 0 spiro atoms. The Kier molecular flexibility index (Phi) is 7.47. The van der Waals surface area contributed by atoms with Gasteiger partial charge >= 0.3 is 5.97 Å². The number of amides is 1. The molecule has 1 N–H and O–H groups in total. The average Bonchev–Trinajstić information content (AvgIpc) is 3.38. The van der Waals surface area contributed by atoms with Gasteiger partial charge in [-0.2, -0.15) is 0 Å². The maximum atomic E-state index is 13.6. The smallest absolute Gasteiger partial charge is 0.304 e. The molecule has 1 aromatic heterocycles. The molecular weight excluding hydrogens is 516 g/mol. The molecule has 3 aromatic carbocycles. The van der Waals surface area contributed by atoms with Crippen molar-refractivity contribution in [1.82, 2.24) is 19.9 Å². The van der Waals surface area contributed by atoms with Gasteiger partial charge in [0.2, 0.25) is 0 Å². The first kappa shape index (κ1) is 27.0. The van der Waals surface area contributed by atoms with Crippen molar-refractivity contribution in [2.75, 3.05) is 13.2 Å². The summed E-state index contributed by atoms with van der Waals surface area (Å²) in [5.41, 5.74) is 8.51. The molecule has 5 aliphatic rings. The molecule has 5 aliphatic heterocycles. The number of nitrogens with zero attached hydrogens (tertiary/aromatic N) is 4. The van der Waals surface area contributed by atoms with Crippen molar-refractivity contribution >= 4 is 22.9 Å². The average molecular weight is 553 g/mol. The fourth-order valence-electron chi connectivity index (χ4n) is 6.32. The van der Waals surface area contributed by atoms with E-state index >= 15 is 0 Å². The minimum Gasteiger partial charge on any atom is -0.494 e. The van der Waals surface area contributed by atoms with Crippen molar-refractivity contribution in [1.29, 1.82) is 0 Å². The topological polar surface area (TPSA) is 97.5 Å². The van der Waals surface area contributed by atoms with E-state index in [-0.39, 0.29) is 18.2 Å². The number of rotatable bonds is 2. The quantitative estimate of drug-likeness (QED) is 0.337. The molecule has 1 atom stereocenters. The van der Waals surface area contributed by atoms with Gasteiger partial charge in [0, 0.05) is 31.1 Å². The summed E-state index contributed by atoms with van der Waals surface area (Å²) >= 11 is 0. The molecule has 6 heterocycles. The molecular formula is C33H36N4O4. The first-order valence-electron chi connectivity index (χ1n) is 14.6. The third-order valence-electron chi connectivity index (χ3n) is 8.63. The van der Waals surface area contributed by atoms with Crippen LogP contribution in [0.5, 0.6) is 5.75 Å². The predicted octanol–water partition coefficient (Wildman–Crippen LogP) is 5.81. The summed E-state index contributed by atoms with van der Waals surface area (Å²) in [7, 11) is 0. The van der Waals surface area contributed by atoms with Crippen LogP contribution in [0.25, 0.3) is 11.0 Å². The number of benzene rings is 3. The maximum Gasteiger partial charge on any atom is 0.304 e. The zero-order chi connectivity index (χ0) is 28.5. The van der Waals surface area contributed by atoms with Crippen LogP contribution >= 0.6 is 0 Å². The van der Waals surface area contributed by atoms with Gasteiger partial charge in [-0.3, -0.25) is 9.59 Å². The van der Waals surface area contributed by atoms with Gasteiger partial charge in [-0.15, -0.1) is 5.10 Å². The lowest BCUT2D eigenvalue weighted by Gasteiger charge is -2.30. The van der Waals surface area contributed by atoms with Crippen LogP contribution in [-0.4, -0.2) is 50.0 Å². The van der Waals surface area contributed by atoms with Crippen LogP contribution in [0, 0.1) is 13.8 Å². The zero-order valence-corrected chi connectivity index (χ0v) is 23.7. The lowest BCUT2D eigenvalue weighted by Crippen LogP contribution is -2.36. The highest BCUT2D eigenvalue weighted by atomic mass is 16.5. The highest BCUT2D eigenvalue weighted by Crippen LogP contribution is 2.35. The molecule has 212 valence electrons. The van der Waals surface area contributed by atoms with Gasteiger partial charge in [0.15, 0.2) is 0 Å². The summed E-state index contributed by atoms with van der Waals surface area (Å²) in [5.74, 6) is -0.392. The SMILES string of the molecule is Cc1cc2ccc1C(=O)N1CCc3ccc(cc3C1)C(CC(=O)O)c1ccc3c(nnn3CCCCCCO2)c1C. The molecule has 0 fully saturated rings. The van der Waals surface area contributed by atoms with Crippen LogP contribution < -0.4 is 4.74 Å². The van der Waals surface area contributed by atoms with Gasteiger partial charge in [-0.1, -0.05) is 35.9 Å². The molecule has 0 saturated carbocycles. The number of carboxylic acids is 1. The number of carboxylic acid groups (broad SMARTS) is 1. The van der Waals surface area contributed by atoms with Crippen molar-refractivity contribution in [2.45, 2.75) is 71.4 Å². The Labute approximate surface area is 239 Å². The van der Waals surface area contributed by atoms with Crippen LogP contribution in [0.2, 0.25) is 0 Å². The number of hydrogen-bond acceptors (Lipinski definition) is 5. The number of aliphatic carboxylic acids is 1. The third-order valence-corrected chi connectivity index (χ3v) is 8.63. The van der Waals surface area contributed by atoms with Gasteiger partial charge in [0.1, 0.15) is 11.3 Å². The lowest BCUT2D eigenvalue weighted by atomic mass is 9.83. The van der Waals surface area contributed by atoms with Crippen molar-refractivity contribution in [3.8, 4) is 5.75 Å². The Hall–Kier alpha value is -4.20. The zero-order valence-electron chi connectivity index (χ0n) is 23.7. The summed E-state index contributed by atoms with van der Waals surface area (Å²) < 4.78 is 7.96. The molecule has 0 aliphatic carbocycles. The van der Waals surface area contributed by atoms with E-state index in [9.17, 15) is 14.7 Å². The van der Waals surface area contributed by atoms with Crippen molar-refractivity contribution in [3.63, 3.8) is 0 Å². The fraction of sp³-hybridized carbons (Fsp3) is 0.394. The predicted molar refractivity (Wildman–Crippen MR) is 156 cm³/mol. The molecule has 4 aromatic rings. The molecule has 1 unspecified atom stereocenters. The van der Waals surface area contributed by atoms with Crippen LogP contribution in [-0.2, 0) is 24.3 Å². The van der Waals surface area contributed by atoms with Crippen molar-refractivity contribution in [2.24, 2.45) is 0 Å². The van der Waals surface area contributed by atoms with Gasteiger partial charge in [0.05, 0.1) is 18.5 Å².